The Morgan fingerprint density at radius 3 is 2.72 bits per heavy atom. The van der Waals surface area contributed by atoms with Crippen molar-refractivity contribution in [2.45, 2.75) is 13.0 Å². The summed E-state index contributed by atoms with van der Waals surface area (Å²) in [5, 5.41) is 14.3. The lowest BCUT2D eigenvalue weighted by atomic mass is 10.2. The predicted molar refractivity (Wildman–Crippen MR) is 80.6 cm³/mol. The van der Waals surface area contributed by atoms with Crippen molar-refractivity contribution < 1.29 is 14.7 Å². The number of benzene rings is 1. The molecule has 0 aliphatic heterocycles. The zero-order chi connectivity index (χ0) is 13.7. The van der Waals surface area contributed by atoms with E-state index in [9.17, 15) is 9.59 Å². The van der Waals surface area contributed by atoms with Crippen LogP contribution in [-0.4, -0.2) is 29.6 Å². The number of carbonyl (C=O) groups is 2. The van der Waals surface area contributed by atoms with Crippen LogP contribution in [0.4, 0.5) is 5.69 Å². The molecule has 0 spiro atoms. The van der Waals surface area contributed by atoms with Crippen LogP contribution >= 0.6 is 38.5 Å². The van der Waals surface area contributed by atoms with E-state index in [0.717, 1.165) is 13.7 Å². The molecule has 0 saturated carbocycles. The highest BCUT2D eigenvalue weighted by molar-refractivity contribution is 14.1. The third kappa shape index (κ3) is 4.81. The van der Waals surface area contributed by atoms with E-state index in [1.54, 1.807) is 0 Å². The van der Waals surface area contributed by atoms with Gasteiger partial charge in [0.05, 0.1) is 0 Å². The molecule has 1 rings (SSSR count). The molecule has 0 fully saturated rings. The van der Waals surface area contributed by atoms with Crippen molar-refractivity contribution in [3.8, 4) is 0 Å². The lowest BCUT2D eigenvalue weighted by Crippen LogP contribution is -2.44. The van der Waals surface area contributed by atoms with E-state index in [2.05, 4.69) is 49.2 Å². The van der Waals surface area contributed by atoms with Crippen molar-refractivity contribution in [1.82, 2.24) is 5.32 Å². The second-order valence-corrected chi connectivity index (χ2v) is 5.70. The zero-order valence-electron chi connectivity index (χ0n) is 9.54. The largest absolute Gasteiger partial charge is 0.480 e. The van der Waals surface area contributed by atoms with Gasteiger partial charge in [-0.2, -0.15) is 0 Å². The minimum Gasteiger partial charge on any atom is -0.480 e. The molecular weight excluding hydrogens is 415 g/mol. The van der Waals surface area contributed by atoms with Crippen LogP contribution in [0.25, 0.3) is 0 Å². The number of carboxylic acid groups (broad SMARTS) is 1. The molecule has 5 nitrogen and oxygen atoms in total. The van der Waals surface area contributed by atoms with Crippen LogP contribution in [-0.2, 0) is 9.59 Å². The minimum absolute atomic E-state index is 0.119. The monoisotopic (exact) mass is 426 g/mol. The summed E-state index contributed by atoms with van der Waals surface area (Å²) in [4.78, 5) is 21.8. The number of hydrogen-bond acceptors (Lipinski definition) is 3. The highest BCUT2D eigenvalue weighted by Gasteiger charge is 2.18. The van der Waals surface area contributed by atoms with Crippen LogP contribution in [0.2, 0.25) is 0 Å². The van der Waals surface area contributed by atoms with Crippen molar-refractivity contribution >= 4 is 56.1 Å². The molecule has 98 valence electrons. The SMILES string of the molecule is CC(=O)NC(CNc1cc(I)ccc1Br)C(=O)O. The first-order valence-corrected chi connectivity index (χ1v) is 6.96. The summed E-state index contributed by atoms with van der Waals surface area (Å²) in [6.45, 7) is 1.41. The predicted octanol–water partition coefficient (Wildman–Crippen LogP) is 2.05. The Labute approximate surface area is 127 Å². The number of carbonyl (C=O) groups excluding carboxylic acids is 1. The minimum atomic E-state index is -1.07. The average molecular weight is 427 g/mol. The fraction of sp³-hybridized carbons (Fsp3) is 0.273. The van der Waals surface area contributed by atoms with E-state index >= 15 is 0 Å². The standard InChI is InChI=1S/C11H12BrIN2O3/c1-6(16)15-10(11(17)18)5-14-9-4-7(13)2-3-8(9)12/h2-4,10,14H,5H2,1H3,(H,15,16)(H,17,18). The molecule has 0 heterocycles. The molecule has 7 heteroatoms. The fourth-order valence-corrected chi connectivity index (χ4v) is 2.17. The van der Waals surface area contributed by atoms with Gasteiger partial charge >= 0.3 is 5.97 Å². The van der Waals surface area contributed by atoms with E-state index < -0.39 is 12.0 Å². The smallest absolute Gasteiger partial charge is 0.328 e. The number of nitrogens with one attached hydrogen (secondary N) is 2. The molecule has 0 saturated heterocycles. The van der Waals surface area contributed by atoms with E-state index in [4.69, 9.17) is 5.11 Å². The van der Waals surface area contributed by atoms with Gasteiger partial charge in [0.1, 0.15) is 6.04 Å². The van der Waals surface area contributed by atoms with E-state index in [-0.39, 0.29) is 12.5 Å². The normalized spacial score (nSPS) is 11.7. The number of aliphatic carboxylic acids is 1. The van der Waals surface area contributed by atoms with Crippen LogP contribution in [0.1, 0.15) is 6.92 Å². The van der Waals surface area contributed by atoms with E-state index in [0.29, 0.717) is 0 Å². The number of anilines is 1. The summed E-state index contributed by atoms with van der Waals surface area (Å²) >= 11 is 5.53. The average Bonchev–Trinajstić information content (AvgIpc) is 2.27. The van der Waals surface area contributed by atoms with Gasteiger partial charge < -0.3 is 15.7 Å². The fourth-order valence-electron chi connectivity index (χ4n) is 1.29. The first kappa shape index (κ1) is 15.2. The lowest BCUT2D eigenvalue weighted by Gasteiger charge is -2.15. The summed E-state index contributed by atoms with van der Waals surface area (Å²) < 4.78 is 1.87. The maximum absolute atomic E-state index is 10.9. The Kier molecular flexibility index (Phi) is 5.86. The van der Waals surface area contributed by atoms with Crippen LogP contribution < -0.4 is 10.6 Å². The quantitative estimate of drug-likeness (QED) is 0.629. The summed E-state index contributed by atoms with van der Waals surface area (Å²) in [6, 6.07) is 4.74. The first-order valence-electron chi connectivity index (χ1n) is 5.09. The molecule has 1 amide bonds. The number of hydrogen-bond donors (Lipinski definition) is 3. The first-order chi connectivity index (χ1) is 8.40. The van der Waals surface area contributed by atoms with E-state index in [1.165, 1.54) is 6.92 Å². The van der Waals surface area contributed by atoms with Crippen LogP contribution in [0.3, 0.4) is 0 Å². The van der Waals surface area contributed by atoms with Gasteiger partial charge in [-0.25, -0.2) is 4.79 Å². The number of rotatable bonds is 5. The molecular formula is C11H12BrIN2O3. The Bertz CT molecular complexity index is 468. The molecule has 1 atom stereocenters. The third-order valence-electron chi connectivity index (χ3n) is 2.10. The second kappa shape index (κ2) is 6.93. The highest BCUT2D eigenvalue weighted by Crippen LogP contribution is 2.24. The van der Waals surface area contributed by atoms with E-state index in [1.807, 2.05) is 18.2 Å². The topological polar surface area (TPSA) is 78.4 Å². The highest BCUT2D eigenvalue weighted by atomic mass is 127. The molecule has 1 unspecified atom stereocenters. The summed E-state index contributed by atoms with van der Waals surface area (Å²) in [6.07, 6.45) is 0. The number of amides is 1. The lowest BCUT2D eigenvalue weighted by molar-refractivity contribution is -0.141. The van der Waals surface area contributed by atoms with Gasteiger partial charge in [-0.1, -0.05) is 0 Å². The second-order valence-electron chi connectivity index (χ2n) is 3.60. The Morgan fingerprint density at radius 2 is 2.17 bits per heavy atom. The van der Waals surface area contributed by atoms with Gasteiger partial charge in [-0.3, -0.25) is 4.79 Å². The van der Waals surface area contributed by atoms with Gasteiger partial charge in [-0.05, 0) is 56.7 Å². The molecule has 3 N–H and O–H groups in total. The third-order valence-corrected chi connectivity index (χ3v) is 3.46. The van der Waals surface area contributed by atoms with Gasteiger partial charge in [-0.15, -0.1) is 0 Å². The Hall–Kier alpha value is -0.830. The molecule has 0 aliphatic carbocycles. The number of carboxylic acids is 1. The van der Waals surface area contributed by atoms with Gasteiger partial charge in [0, 0.05) is 27.2 Å². The maximum Gasteiger partial charge on any atom is 0.328 e. The summed E-state index contributed by atoms with van der Waals surface area (Å²) in [5.74, 6) is -1.44. The Morgan fingerprint density at radius 1 is 1.50 bits per heavy atom. The van der Waals surface area contributed by atoms with Crippen LogP contribution in [0, 0.1) is 3.57 Å². The summed E-state index contributed by atoms with van der Waals surface area (Å²) in [5.41, 5.74) is 0.790. The van der Waals surface area contributed by atoms with Crippen molar-refractivity contribution in [1.29, 1.82) is 0 Å². The van der Waals surface area contributed by atoms with Crippen LogP contribution in [0.15, 0.2) is 22.7 Å². The zero-order valence-corrected chi connectivity index (χ0v) is 13.3. The Balaban J connectivity index is 2.69. The molecule has 1 aromatic carbocycles. The van der Waals surface area contributed by atoms with Crippen molar-refractivity contribution in [3.63, 3.8) is 0 Å². The molecule has 0 radical (unpaired) electrons. The van der Waals surface area contributed by atoms with Crippen molar-refractivity contribution in [2.75, 3.05) is 11.9 Å². The number of halogens is 2. The van der Waals surface area contributed by atoms with Gasteiger partial charge in [0.25, 0.3) is 0 Å². The molecule has 0 aromatic heterocycles. The van der Waals surface area contributed by atoms with Gasteiger partial charge in [0.2, 0.25) is 5.91 Å². The van der Waals surface area contributed by atoms with Crippen molar-refractivity contribution in [3.05, 3.63) is 26.2 Å². The molecule has 0 aliphatic rings. The molecule has 1 aromatic rings. The maximum atomic E-state index is 10.9. The van der Waals surface area contributed by atoms with Crippen molar-refractivity contribution in [2.24, 2.45) is 0 Å². The molecule has 0 bridgehead atoms. The van der Waals surface area contributed by atoms with Gasteiger partial charge in [0.15, 0.2) is 0 Å². The molecule has 18 heavy (non-hydrogen) atoms. The summed E-state index contributed by atoms with van der Waals surface area (Å²) in [7, 11) is 0. The van der Waals surface area contributed by atoms with Crippen LogP contribution in [0.5, 0.6) is 0 Å².